The monoisotopic (exact) mass is 524 g/mol. The summed E-state index contributed by atoms with van der Waals surface area (Å²) in [5.41, 5.74) is 1.53. The Morgan fingerprint density at radius 2 is 1.92 bits per heavy atom. The molecule has 2 aromatic carbocycles. The number of aliphatic hydroxyl groups is 1. The van der Waals surface area contributed by atoms with Crippen LogP contribution in [0.5, 0.6) is 5.88 Å². The van der Waals surface area contributed by atoms with Gasteiger partial charge in [0.1, 0.15) is 23.3 Å². The number of hydrogen-bond donors (Lipinski definition) is 2. The molecule has 1 aliphatic heterocycles. The molecule has 0 aliphatic carbocycles. The number of fused-ring (bicyclic) bond motifs is 1. The van der Waals surface area contributed by atoms with E-state index < -0.39 is 24.0 Å². The average molecular weight is 525 g/mol. The Bertz CT molecular complexity index is 1300. The van der Waals surface area contributed by atoms with Crippen LogP contribution in [0.4, 0.5) is 19.3 Å². The Kier molecular flexibility index (Phi) is 8.21. The van der Waals surface area contributed by atoms with Crippen molar-refractivity contribution < 1.29 is 28.2 Å². The van der Waals surface area contributed by atoms with Gasteiger partial charge in [-0.1, -0.05) is 31.2 Å². The number of nitrogens with one attached hydrogen (secondary N) is 1. The van der Waals surface area contributed by atoms with Gasteiger partial charge in [0.25, 0.3) is 5.91 Å². The van der Waals surface area contributed by atoms with Gasteiger partial charge in [-0.15, -0.1) is 0 Å². The molecule has 0 saturated carbocycles. The van der Waals surface area contributed by atoms with Crippen LogP contribution in [-0.4, -0.2) is 70.7 Å². The minimum absolute atomic E-state index is 0.0601. The standard InChI is InChI=1S/C28H30F2N4O4/c1-17-14-34(18(2)16-35)27(36)22-12-20(19-8-10-21(29)11-9-19)13-31-26(22)38-25(17)15-33(3)28(37)32-24-7-5-4-6-23(24)30/h4-13,17-18,25,35H,14-16H2,1-3H3,(H,32,37)/t17-,18+,25-/m1/s1. The average Bonchev–Trinajstić information content (AvgIpc) is 2.91. The van der Waals surface area contributed by atoms with Gasteiger partial charge in [-0.25, -0.2) is 18.6 Å². The van der Waals surface area contributed by atoms with Crippen LogP contribution in [-0.2, 0) is 0 Å². The first-order chi connectivity index (χ1) is 18.2. The SMILES string of the molecule is C[C@@H]1CN([C@@H](C)CO)C(=O)c2cc(-c3ccc(F)cc3)cnc2O[C@@H]1CN(C)C(=O)Nc1ccccc1F. The van der Waals surface area contributed by atoms with E-state index in [1.54, 1.807) is 43.1 Å². The minimum Gasteiger partial charge on any atom is -0.472 e. The van der Waals surface area contributed by atoms with E-state index in [1.165, 1.54) is 41.4 Å². The molecular weight excluding hydrogens is 494 g/mol. The molecule has 0 bridgehead atoms. The van der Waals surface area contributed by atoms with Crippen molar-refractivity contribution in [2.24, 2.45) is 5.92 Å². The lowest BCUT2D eigenvalue weighted by atomic mass is 9.99. The van der Waals surface area contributed by atoms with Crippen molar-refractivity contribution in [3.8, 4) is 17.0 Å². The molecule has 2 heterocycles. The number of amides is 3. The third-order valence-corrected chi connectivity index (χ3v) is 6.61. The van der Waals surface area contributed by atoms with Gasteiger partial charge in [0, 0.05) is 31.3 Å². The number of pyridine rings is 1. The maximum atomic E-state index is 14.0. The van der Waals surface area contributed by atoms with E-state index in [-0.39, 0.29) is 54.5 Å². The summed E-state index contributed by atoms with van der Waals surface area (Å²) in [5.74, 6) is -1.44. The number of aliphatic hydroxyl groups excluding tert-OH is 1. The number of halogens is 2. The molecule has 3 amide bonds. The molecule has 38 heavy (non-hydrogen) atoms. The van der Waals surface area contributed by atoms with Gasteiger partial charge in [-0.2, -0.15) is 0 Å². The number of anilines is 1. The first kappa shape index (κ1) is 27.0. The van der Waals surface area contributed by atoms with Crippen LogP contribution in [0.2, 0.25) is 0 Å². The van der Waals surface area contributed by atoms with Gasteiger partial charge < -0.3 is 25.0 Å². The molecule has 2 N–H and O–H groups in total. The Hall–Kier alpha value is -4.05. The summed E-state index contributed by atoms with van der Waals surface area (Å²) in [5, 5.41) is 12.4. The van der Waals surface area contributed by atoms with Gasteiger partial charge in [-0.3, -0.25) is 4.79 Å². The highest BCUT2D eigenvalue weighted by Crippen LogP contribution is 2.30. The highest BCUT2D eigenvalue weighted by atomic mass is 19.1. The zero-order valence-electron chi connectivity index (χ0n) is 21.4. The molecule has 8 nitrogen and oxygen atoms in total. The molecule has 200 valence electrons. The number of carbonyl (C=O) groups excluding carboxylic acids is 2. The van der Waals surface area contributed by atoms with Crippen LogP contribution >= 0.6 is 0 Å². The van der Waals surface area contributed by atoms with Crippen LogP contribution in [0.3, 0.4) is 0 Å². The van der Waals surface area contributed by atoms with E-state index in [0.717, 1.165) is 0 Å². The normalized spacial score (nSPS) is 18.1. The van der Waals surface area contributed by atoms with Crippen LogP contribution in [0.1, 0.15) is 24.2 Å². The number of carbonyl (C=O) groups is 2. The van der Waals surface area contributed by atoms with Crippen LogP contribution in [0, 0.1) is 17.6 Å². The fourth-order valence-electron chi connectivity index (χ4n) is 4.25. The molecule has 4 rings (SSSR count). The second kappa shape index (κ2) is 11.6. The lowest BCUT2D eigenvalue weighted by Crippen LogP contribution is -2.50. The number of hydrogen-bond acceptors (Lipinski definition) is 5. The summed E-state index contributed by atoms with van der Waals surface area (Å²) in [4.78, 5) is 33.7. The first-order valence-corrected chi connectivity index (χ1v) is 12.3. The number of aromatic nitrogens is 1. The smallest absolute Gasteiger partial charge is 0.321 e. The quantitative estimate of drug-likeness (QED) is 0.498. The Morgan fingerprint density at radius 1 is 1.21 bits per heavy atom. The molecular formula is C28H30F2N4O4. The van der Waals surface area contributed by atoms with Gasteiger partial charge in [0.15, 0.2) is 0 Å². The van der Waals surface area contributed by atoms with Gasteiger partial charge in [-0.05, 0) is 42.8 Å². The maximum Gasteiger partial charge on any atom is 0.321 e. The van der Waals surface area contributed by atoms with Crippen LogP contribution in [0.15, 0.2) is 60.8 Å². The molecule has 3 atom stereocenters. The van der Waals surface area contributed by atoms with E-state index in [2.05, 4.69) is 10.3 Å². The van der Waals surface area contributed by atoms with Crippen molar-refractivity contribution in [1.29, 1.82) is 0 Å². The molecule has 1 aliphatic rings. The highest BCUT2D eigenvalue weighted by molar-refractivity contribution is 5.98. The van der Waals surface area contributed by atoms with Crippen LogP contribution in [0.25, 0.3) is 11.1 Å². The Labute approximate surface area is 219 Å². The molecule has 0 radical (unpaired) electrons. The number of urea groups is 1. The number of nitrogens with zero attached hydrogens (tertiary/aromatic N) is 3. The highest BCUT2D eigenvalue weighted by Gasteiger charge is 2.35. The van der Waals surface area contributed by atoms with Crippen molar-refractivity contribution in [3.05, 3.63) is 78.0 Å². The topological polar surface area (TPSA) is 95.0 Å². The Morgan fingerprint density at radius 3 is 2.61 bits per heavy atom. The fourth-order valence-corrected chi connectivity index (χ4v) is 4.25. The number of ether oxygens (including phenoxy) is 1. The predicted molar refractivity (Wildman–Crippen MR) is 139 cm³/mol. The van der Waals surface area contributed by atoms with Crippen molar-refractivity contribution in [3.63, 3.8) is 0 Å². The number of likely N-dealkylation sites (N-methyl/N-ethyl adjacent to an activating group) is 1. The van der Waals surface area contributed by atoms with Crippen LogP contribution < -0.4 is 10.1 Å². The van der Waals surface area contributed by atoms with E-state index in [0.29, 0.717) is 11.1 Å². The molecule has 10 heteroatoms. The number of para-hydroxylation sites is 1. The van der Waals surface area contributed by atoms with Crippen molar-refractivity contribution in [2.45, 2.75) is 26.0 Å². The fraction of sp³-hybridized carbons (Fsp3) is 0.321. The molecule has 3 aromatic rings. The molecule has 0 saturated heterocycles. The summed E-state index contributed by atoms with van der Waals surface area (Å²) in [6.07, 6.45) is 0.965. The summed E-state index contributed by atoms with van der Waals surface area (Å²) in [6, 6.07) is 12.3. The zero-order chi connectivity index (χ0) is 27.4. The summed E-state index contributed by atoms with van der Waals surface area (Å²) < 4.78 is 33.7. The first-order valence-electron chi connectivity index (χ1n) is 12.3. The van der Waals surface area contributed by atoms with E-state index in [4.69, 9.17) is 4.74 Å². The van der Waals surface area contributed by atoms with E-state index in [9.17, 15) is 23.5 Å². The second-order valence-corrected chi connectivity index (χ2v) is 9.50. The predicted octanol–water partition coefficient (Wildman–Crippen LogP) is 4.41. The van der Waals surface area contributed by atoms with Crippen molar-refractivity contribution in [2.75, 3.05) is 32.1 Å². The minimum atomic E-state index is -0.573. The maximum absolute atomic E-state index is 14.0. The van der Waals surface area contributed by atoms with E-state index in [1.807, 2.05) is 6.92 Å². The summed E-state index contributed by atoms with van der Waals surface area (Å²) in [6.45, 7) is 3.77. The third kappa shape index (κ3) is 5.91. The van der Waals surface area contributed by atoms with Gasteiger partial charge >= 0.3 is 6.03 Å². The third-order valence-electron chi connectivity index (χ3n) is 6.61. The zero-order valence-corrected chi connectivity index (χ0v) is 21.4. The molecule has 1 aromatic heterocycles. The van der Waals surface area contributed by atoms with E-state index >= 15 is 0 Å². The van der Waals surface area contributed by atoms with Gasteiger partial charge in [0.05, 0.1) is 24.9 Å². The van der Waals surface area contributed by atoms with Gasteiger partial charge in [0.2, 0.25) is 5.88 Å². The number of rotatable bonds is 6. The Balaban J connectivity index is 1.63. The molecule has 0 unspecified atom stereocenters. The molecule has 0 fully saturated rings. The van der Waals surface area contributed by atoms with Crippen molar-refractivity contribution in [1.82, 2.24) is 14.8 Å². The molecule has 0 spiro atoms. The van der Waals surface area contributed by atoms with Crippen molar-refractivity contribution >= 4 is 17.6 Å². The summed E-state index contributed by atoms with van der Waals surface area (Å²) in [7, 11) is 1.57. The number of benzene rings is 2. The summed E-state index contributed by atoms with van der Waals surface area (Å²) >= 11 is 0. The lowest BCUT2D eigenvalue weighted by Gasteiger charge is -2.37. The second-order valence-electron chi connectivity index (χ2n) is 9.50. The largest absolute Gasteiger partial charge is 0.472 e. The lowest BCUT2D eigenvalue weighted by molar-refractivity contribution is 0.0356.